The Hall–Kier alpha value is -0.560. The molecule has 0 spiro atoms. The minimum atomic E-state index is -3.26. The van der Waals surface area contributed by atoms with Crippen molar-refractivity contribution >= 4 is 43.5 Å². The van der Waals surface area contributed by atoms with Gasteiger partial charge in [-0.3, -0.25) is 0 Å². The highest BCUT2D eigenvalue weighted by molar-refractivity contribution is 14.1. The quantitative estimate of drug-likeness (QED) is 0.767. The van der Waals surface area contributed by atoms with Crippen LogP contribution in [0.3, 0.4) is 0 Å². The molecule has 0 radical (unpaired) electrons. The number of halogens is 1. The van der Waals surface area contributed by atoms with Crippen molar-refractivity contribution in [3.05, 3.63) is 33.5 Å². The molecule has 0 fully saturated rings. The molecule has 2 aromatic rings. The minimum absolute atomic E-state index is 0.788. The number of benzene rings is 1. The summed E-state index contributed by atoms with van der Waals surface area (Å²) in [6, 6.07) is 7.67. The van der Waals surface area contributed by atoms with Gasteiger partial charge in [-0.2, -0.15) is 0 Å². The third-order valence-corrected chi connectivity index (χ3v) is 5.24. The summed E-state index contributed by atoms with van der Waals surface area (Å²) < 4.78 is 26.6. The third kappa shape index (κ3) is 2.42. The number of para-hydroxylation sites is 1. The second-order valence-electron chi connectivity index (χ2n) is 4.41. The lowest BCUT2D eigenvalue weighted by molar-refractivity contribution is 0.592. The Labute approximate surface area is 121 Å². The summed E-state index contributed by atoms with van der Waals surface area (Å²) in [5.74, 6) is 0. The second kappa shape index (κ2) is 5.21. The molecule has 0 bridgehead atoms. The lowest BCUT2D eigenvalue weighted by atomic mass is 10.2. The molecule has 0 unspecified atom stereocenters. The molecule has 2 rings (SSSR count). The van der Waals surface area contributed by atoms with Gasteiger partial charge in [-0.05, 0) is 41.5 Å². The Morgan fingerprint density at radius 3 is 2.56 bits per heavy atom. The first-order valence-electron chi connectivity index (χ1n) is 5.95. The highest BCUT2D eigenvalue weighted by Crippen LogP contribution is 2.29. The van der Waals surface area contributed by atoms with Gasteiger partial charge in [0.2, 0.25) is 10.0 Å². The van der Waals surface area contributed by atoms with Crippen LogP contribution in [-0.4, -0.2) is 18.6 Å². The minimum Gasteiger partial charge on any atom is -0.241 e. The van der Waals surface area contributed by atoms with E-state index in [9.17, 15) is 8.42 Å². The van der Waals surface area contributed by atoms with Crippen molar-refractivity contribution in [1.82, 2.24) is 3.97 Å². The smallest absolute Gasteiger partial charge is 0.236 e. The van der Waals surface area contributed by atoms with E-state index in [1.54, 1.807) is 0 Å². The van der Waals surface area contributed by atoms with Gasteiger partial charge in [0, 0.05) is 14.7 Å². The van der Waals surface area contributed by atoms with Gasteiger partial charge in [-0.15, -0.1) is 0 Å². The first-order valence-corrected chi connectivity index (χ1v) is 8.88. The highest BCUT2D eigenvalue weighted by atomic mass is 127. The standard InChI is InChI=1S/C13H16INO2S/c1-3-4-8-12-13(14)10-7-5-6-9-11(10)15(12)18(2,16)17/h5-7,9H,3-4,8H2,1-2H3. The molecular formula is C13H16INO2S. The van der Waals surface area contributed by atoms with Crippen LogP contribution in [0.4, 0.5) is 0 Å². The SMILES string of the molecule is CCCCc1c(I)c2ccccc2n1S(C)(=O)=O. The molecular weight excluding hydrogens is 361 g/mol. The highest BCUT2D eigenvalue weighted by Gasteiger charge is 2.20. The van der Waals surface area contributed by atoms with Crippen LogP contribution in [0.15, 0.2) is 24.3 Å². The summed E-state index contributed by atoms with van der Waals surface area (Å²) in [4.78, 5) is 0. The van der Waals surface area contributed by atoms with Gasteiger partial charge < -0.3 is 0 Å². The molecule has 5 heteroatoms. The molecule has 0 aliphatic carbocycles. The molecule has 0 saturated carbocycles. The average Bonchev–Trinajstić information content (AvgIpc) is 2.60. The first-order chi connectivity index (χ1) is 8.46. The van der Waals surface area contributed by atoms with E-state index in [0.717, 1.165) is 39.4 Å². The molecule has 0 saturated heterocycles. The van der Waals surface area contributed by atoms with Crippen molar-refractivity contribution < 1.29 is 8.42 Å². The first kappa shape index (κ1) is 13.9. The van der Waals surface area contributed by atoms with Crippen molar-refractivity contribution in [3.8, 4) is 0 Å². The van der Waals surface area contributed by atoms with Crippen molar-refractivity contribution in [2.24, 2.45) is 0 Å². The van der Waals surface area contributed by atoms with Gasteiger partial charge in [-0.1, -0.05) is 31.5 Å². The molecule has 98 valence electrons. The monoisotopic (exact) mass is 377 g/mol. The Balaban J connectivity index is 2.78. The summed E-state index contributed by atoms with van der Waals surface area (Å²) in [5, 5.41) is 1.02. The number of rotatable bonds is 4. The van der Waals surface area contributed by atoms with Crippen LogP contribution in [-0.2, 0) is 16.4 Å². The molecule has 0 aliphatic rings. The topological polar surface area (TPSA) is 39.1 Å². The van der Waals surface area contributed by atoms with Crippen LogP contribution < -0.4 is 0 Å². The maximum Gasteiger partial charge on any atom is 0.236 e. The number of hydrogen-bond donors (Lipinski definition) is 0. The molecule has 3 nitrogen and oxygen atoms in total. The lowest BCUT2D eigenvalue weighted by Gasteiger charge is -2.08. The lowest BCUT2D eigenvalue weighted by Crippen LogP contribution is -2.13. The fraction of sp³-hybridized carbons (Fsp3) is 0.385. The maximum atomic E-state index is 12.0. The summed E-state index contributed by atoms with van der Waals surface area (Å²) >= 11 is 2.25. The average molecular weight is 377 g/mol. The number of aromatic nitrogens is 1. The van der Waals surface area contributed by atoms with E-state index in [2.05, 4.69) is 29.5 Å². The number of unbranched alkanes of at least 4 members (excludes halogenated alkanes) is 1. The van der Waals surface area contributed by atoms with Crippen LogP contribution in [0.5, 0.6) is 0 Å². The van der Waals surface area contributed by atoms with Gasteiger partial charge in [0.15, 0.2) is 0 Å². The molecule has 18 heavy (non-hydrogen) atoms. The molecule has 1 heterocycles. The predicted octanol–water partition coefficient (Wildman–Crippen LogP) is 3.40. The van der Waals surface area contributed by atoms with Crippen molar-refractivity contribution in [1.29, 1.82) is 0 Å². The van der Waals surface area contributed by atoms with E-state index in [-0.39, 0.29) is 0 Å². The largest absolute Gasteiger partial charge is 0.241 e. The number of nitrogens with zero attached hydrogens (tertiary/aromatic N) is 1. The normalized spacial score (nSPS) is 12.2. The van der Waals surface area contributed by atoms with Crippen molar-refractivity contribution in [2.45, 2.75) is 26.2 Å². The van der Waals surface area contributed by atoms with Gasteiger partial charge in [0.05, 0.1) is 11.8 Å². The molecule has 0 amide bonds. The Morgan fingerprint density at radius 1 is 1.28 bits per heavy atom. The fourth-order valence-corrected chi connectivity index (χ4v) is 4.39. The second-order valence-corrected chi connectivity index (χ2v) is 7.32. The summed E-state index contributed by atoms with van der Waals surface area (Å²) in [6.07, 6.45) is 4.13. The Morgan fingerprint density at radius 2 is 1.94 bits per heavy atom. The zero-order valence-corrected chi connectivity index (χ0v) is 13.5. The number of fused-ring (bicyclic) bond motifs is 1. The van der Waals surface area contributed by atoms with Crippen LogP contribution >= 0.6 is 22.6 Å². The van der Waals surface area contributed by atoms with Gasteiger partial charge in [0.1, 0.15) is 0 Å². The number of hydrogen-bond acceptors (Lipinski definition) is 2. The van der Waals surface area contributed by atoms with E-state index >= 15 is 0 Å². The summed E-state index contributed by atoms with van der Waals surface area (Å²) in [6.45, 7) is 2.11. The fourth-order valence-electron chi connectivity index (χ4n) is 2.16. The van der Waals surface area contributed by atoms with Gasteiger partial charge >= 0.3 is 0 Å². The van der Waals surface area contributed by atoms with Crippen molar-refractivity contribution in [2.75, 3.05) is 6.26 Å². The van der Waals surface area contributed by atoms with E-state index in [4.69, 9.17) is 0 Å². The zero-order valence-electron chi connectivity index (χ0n) is 10.5. The zero-order chi connectivity index (χ0) is 13.3. The molecule has 0 atom stereocenters. The van der Waals surface area contributed by atoms with Crippen LogP contribution in [0, 0.1) is 3.57 Å². The van der Waals surface area contributed by atoms with E-state index < -0.39 is 10.0 Å². The Bertz CT molecular complexity index is 674. The third-order valence-electron chi connectivity index (χ3n) is 2.96. The molecule has 1 aromatic heterocycles. The molecule has 1 aromatic carbocycles. The summed E-state index contributed by atoms with van der Waals surface area (Å²) in [7, 11) is -3.26. The van der Waals surface area contributed by atoms with E-state index in [1.807, 2.05) is 24.3 Å². The Kier molecular flexibility index (Phi) is 4.01. The van der Waals surface area contributed by atoms with Gasteiger partial charge in [0.25, 0.3) is 0 Å². The van der Waals surface area contributed by atoms with Crippen LogP contribution in [0.1, 0.15) is 25.5 Å². The maximum absolute atomic E-state index is 12.0. The van der Waals surface area contributed by atoms with Gasteiger partial charge in [-0.25, -0.2) is 12.4 Å². The predicted molar refractivity (Wildman–Crippen MR) is 83.5 cm³/mol. The molecule has 0 aliphatic heterocycles. The van der Waals surface area contributed by atoms with E-state index in [1.165, 1.54) is 10.2 Å². The van der Waals surface area contributed by atoms with E-state index in [0.29, 0.717) is 0 Å². The van der Waals surface area contributed by atoms with Crippen LogP contribution in [0.25, 0.3) is 10.9 Å². The van der Waals surface area contributed by atoms with Crippen LogP contribution in [0.2, 0.25) is 0 Å². The molecule has 0 N–H and O–H groups in total. The summed E-state index contributed by atoms with van der Waals surface area (Å²) in [5.41, 5.74) is 1.71. The van der Waals surface area contributed by atoms with Crippen molar-refractivity contribution in [3.63, 3.8) is 0 Å².